The molecule has 2 nitrogen and oxygen atoms in total. The Morgan fingerprint density at radius 3 is 2.56 bits per heavy atom. The summed E-state index contributed by atoms with van der Waals surface area (Å²) in [5, 5.41) is 0. The molecule has 3 saturated carbocycles. The number of hydrogen-bond acceptors (Lipinski definition) is 2. The molecule has 0 aliphatic heterocycles. The minimum atomic E-state index is -0.0988. The number of rotatable bonds is 1. The van der Waals surface area contributed by atoms with Crippen LogP contribution in [-0.4, -0.2) is 12.1 Å². The van der Waals surface area contributed by atoms with Crippen LogP contribution in [0.1, 0.15) is 52.9 Å². The van der Waals surface area contributed by atoms with Crippen LogP contribution in [0.2, 0.25) is 0 Å². The molecule has 2 bridgehead atoms. The normalized spacial score (nSPS) is 54.1. The zero-order valence-electron chi connectivity index (χ0n) is 10.6. The highest BCUT2D eigenvalue weighted by Gasteiger charge is 2.68. The van der Waals surface area contributed by atoms with Gasteiger partial charge in [-0.2, -0.15) is 0 Å². The molecule has 2 heteroatoms. The van der Waals surface area contributed by atoms with Gasteiger partial charge in [0, 0.05) is 12.3 Å². The molecule has 0 saturated heterocycles. The van der Waals surface area contributed by atoms with Crippen molar-refractivity contribution < 1.29 is 9.53 Å². The lowest BCUT2D eigenvalue weighted by molar-refractivity contribution is -0.157. The van der Waals surface area contributed by atoms with Crippen LogP contribution in [0.3, 0.4) is 0 Å². The summed E-state index contributed by atoms with van der Waals surface area (Å²) >= 11 is 0. The van der Waals surface area contributed by atoms with E-state index in [9.17, 15) is 4.79 Å². The Balaban J connectivity index is 1.94. The second-order valence-electron chi connectivity index (χ2n) is 6.54. The number of carbonyl (C=O) groups excluding carboxylic acids is 1. The Morgan fingerprint density at radius 2 is 1.88 bits per heavy atom. The summed E-state index contributed by atoms with van der Waals surface area (Å²) < 4.78 is 5.61. The fraction of sp³-hybridized carbons (Fsp3) is 0.929. The van der Waals surface area contributed by atoms with E-state index in [1.54, 1.807) is 6.92 Å². The first kappa shape index (κ1) is 10.6. The first-order valence-corrected chi connectivity index (χ1v) is 6.65. The van der Waals surface area contributed by atoms with Gasteiger partial charge < -0.3 is 4.74 Å². The topological polar surface area (TPSA) is 26.3 Å². The molecule has 3 fully saturated rings. The van der Waals surface area contributed by atoms with Crippen LogP contribution in [0.15, 0.2) is 0 Å². The second-order valence-corrected chi connectivity index (χ2v) is 6.54. The molecule has 0 heterocycles. The smallest absolute Gasteiger partial charge is 0.302 e. The maximum absolute atomic E-state index is 11.2. The van der Waals surface area contributed by atoms with Crippen LogP contribution >= 0.6 is 0 Å². The van der Waals surface area contributed by atoms with Crippen molar-refractivity contribution in [2.24, 2.45) is 22.7 Å². The number of ether oxygens (including phenoxy) is 1. The van der Waals surface area contributed by atoms with Crippen molar-refractivity contribution in [2.45, 2.75) is 59.0 Å². The molecule has 0 amide bonds. The summed E-state index contributed by atoms with van der Waals surface area (Å²) in [4.78, 5) is 11.2. The van der Waals surface area contributed by atoms with Gasteiger partial charge in [-0.25, -0.2) is 0 Å². The van der Waals surface area contributed by atoms with E-state index in [0.717, 1.165) is 18.3 Å². The highest BCUT2D eigenvalue weighted by atomic mass is 16.5. The maximum Gasteiger partial charge on any atom is 0.302 e. The predicted octanol–water partition coefficient (Wildman–Crippen LogP) is 3.15. The van der Waals surface area contributed by atoms with E-state index in [0.29, 0.717) is 5.41 Å². The van der Waals surface area contributed by atoms with E-state index in [2.05, 4.69) is 13.8 Å². The highest BCUT2D eigenvalue weighted by molar-refractivity contribution is 5.66. The van der Waals surface area contributed by atoms with Gasteiger partial charge in [-0.3, -0.25) is 4.79 Å². The first-order valence-electron chi connectivity index (χ1n) is 6.65. The number of fused-ring (bicyclic) bond motifs is 5. The van der Waals surface area contributed by atoms with Crippen LogP contribution in [0.4, 0.5) is 0 Å². The molecule has 0 unspecified atom stereocenters. The molecule has 0 aromatic rings. The van der Waals surface area contributed by atoms with Crippen molar-refractivity contribution in [3.63, 3.8) is 0 Å². The fourth-order valence-corrected chi connectivity index (χ4v) is 5.23. The minimum Gasteiger partial charge on any atom is -0.462 e. The lowest BCUT2D eigenvalue weighted by Crippen LogP contribution is -2.45. The van der Waals surface area contributed by atoms with Gasteiger partial charge >= 0.3 is 5.97 Å². The largest absolute Gasteiger partial charge is 0.462 e. The van der Waals surface area contributed by atoms with Crippen molar-refractivity contribution in [1.82, 2.24) is 0 Å². The summed E-state index contributed by atoms with van der Waals surface area (Å²) in [6.07, 6.45) is 6.66. The van der Waals surface area contributed by atoms with Gasteiger partial charge in [0.25, 0.3) is 0 Å². The quantitative estimate of drug-likeness (QED) is 0.637. The van der Waals surface area contributed by atoms with Gasteiger partial charge in [0.2, 0.25) is 0 Å². The highest BCUT2D eigenvalue weighted by Crippen LogP contribution is 2.73. The molecule has 3 aliphatic carbocycles. The predicted molar refractivity (Wildman–Crippen MR) is 61.8 cm³/mol. The van der Waals surface area contributed by atoms with Gasteiger partial charge in [-0.15, -0.1) is 0 Å². The van der Waals surface area contributed by atoms with Crippen molar-refractivity contribution in [3.05, 3.63) is 0 Å². The fourth-order valence-electron chi connectivity index (χ4n) is 5.23. The van der Waals surface area contributed by atoms with Gasteiger partial charge in [-0.1, -0.05) is 13.8 Å². The van der Waals surface area contributed by atoms with Gasteiger partial charge in [0.05, 0.1) is 0 Å². The van der Waals surface area contributed by atoms with E-state index in [4.69, 9.17) is 4.74 Å². The van der Waals surface area contributed by atoms with Gasteiger partial charge in [0.15, 0.2) is 0 Å². The zero-order chi connectivity index (χ0) is 11.6. The first-order chi connectivity index (χ1) is 7.48. The van der Waals surface area contributed by atoms with E-state index < -0.39 is 0 Å². The summed E-state index contributed by atoms with van der Waals surface area (Å²) in [5.74, 6) is 1.59. The molecule has 0 radical (unpaired) electrons. The van der Waals surface area contributed by atoms with Gasteiger partial charge in [-0.05, 0) is 49.4 Å². The monoisotopic (exact) mass is 222 g/mol. The Kier molecular flexibility index (Phi) is 2.01. The molecule has 3 rings (SSSR count). The van der Waals surface area contributed by atoms with Crippen LogP contribution in [0.5, 0.6) is 0 Å². The zero-order valence-corrected chi connectivity index (χ0v) is 10.6. The molecular formula is C14H22O2. The number of hydrogen-bond donors (Lipinski definition) is 0. The molecular weight excluding hydrogens is 200 g/mol. The van der Waals surface area contributed by atoms with E-state index >= 15 is 0 Å². The van der Waals surface area contributed by atoms with Crippen LogP contribution < -0.4 is 0 Å². The Bertz CT molecular complexity index is 338. The number of carbonyl (C=O) groups is 1. The molecule has 3 aliphatic rings. The average Bonchev–Trinajstić information content (AvgIpc) is 2.82. The Hall–Kier alpha value is -0.530. The standard InChI is InChI=1S/C14H22O2/c1-9(15)16-12-6-7-13(2)10-4-5-11(8-10)14(12,13)3/h10-12H,4-8H2,1-3H3/t10-,11+,12-,13+,14+/m0/s1. The SMILES string of the molecule is CC(=O)O[C@H]1CC[C@]2(C)[C@H]3CC[C@H](C3)[C@]12C. The van der Waals surface area contributed by atoms with Crippen LogP contribution in [-0.2, 0) is 9.53 Å². The van der Waals surface area contributed by atoms with Crippen LogP contribution in [0.25, 0.3) is 0 Å². The Morgan fingerprint density at radius 1 is 1.19 bits per heavy atom. The molecule has 0 aromatic carbocycles. The van der Waals surface area contributed by atoms with Gasteiger partial charge in [0.1, 0.15) is 6.10 Å². The average molecular weight is 222 g/mol. The molecule has 0 aromatic heterocycles. The van der Waals surface area contributed by atoms with Crippen molar-refractivity contribution in [2.75, 3.05) is 0 Å². The lowest BCUT2D eigenvalue weighted by Gasteiger charge is -2.47. The third kappa shape index (κ3) is 1.01. The Labute approximate surface area is 97.7 Å². The van der Waals surface area contributed by atoms with Crippen molar-refractivity contribution in [3.8, 4) is 0 Å². The molecule has 0 spiro atoms. The van der Waals surface area contributed by atoms with E-state index in [-0.39, 0.29) is 17.5 Å². The number of esters is 1. The second kappa shape index (κ2) is 3.02. The van der Waals surface area contributed by atoms with Crippen molar-refractivity contribution >= 4 is 5.97 Å². The molecule has 90 valence electrons. The summed E-state index contributed by atoms with van der Waals surface area (Å²) in [7, 11) is 0. The summed E-state index contributed by atoms with van der Waals surface area (Å²) in [5.41, 5.74) is 0.706. The van der Waals surface area contributed by atoms with Crippen LogP contribution in [0, 0.1) is 22.7 Å². The third-order valence-corrected chi connectivity index (χ3v) is 6.32. The summed E-state index contributed by atoms with van der Waals surface area (Å²) in [6, 6.07) is 0. The van der Waals surface area contributed by atoms with E-state index in [1.807, 2.05) is 0 Å². The van der Waals surface area contributed by atoms with Crippen molar-refractivity contribution in [1.29, 1.82) is 0 Å². The maximum atomic E-state index is 11.2. The molecule has 5 atom stereocenters. The molecule has 0 N–H and O–H groups in total. The third-order valence-electron chi connectivity index (χ3n) is 6.32. The molecule has 16 heavy (non-hydrogen) atoms. The lowest BCUT2D eigenvalue weighted by atomic mass is 9.59. The minimum absolute atomic E-state index is 0.0988. The van der Waals surface area contributed by atoms with E-state index in [1.165, 1.54) is 25.7 Å². The summed E-state index contributed by atoms with van der Waals surface area (Å²) in [6.45, 7) is 6.38.